The number of fused-ring (bicyclic) bond motifs is 1. The fourth-order valence-corrected chi connectivity index (χ4v) is 2.67. The maximum absolute atomic E-state index is 12.6. The predicted octanol–water partition coefficient (Wildman–Crippen LogP) is 2.93. The normalized spacial score (nSPS) is 16.1. The van der Waals surface area contributed by atoms with E-state index in [1.807, 2.05) is 55.5 Å². The lowest BCUT2D eigenvalue weighted by atomic mass is 9.91. The van der Waals surface area contributed by atoms with Crippen LogP contribution in [0.2, 0.25) is 0 Å². The largest absolute Gasteiger partial charge is 0.486 e. The van der Waals surface area contributed by atoms with Gasteiger partial charge >= 0.3 is 0 Å². The second-order valence-corrected chi connectivity index (χ2v) is 6.17. The molecule has 1 amide bonds. The first-order valence-corrected chi connectivity index (χ1v) is 8.03. The SMILES string of the molecule is CC(NC(=O)C(C)(N)c1ccccc1)c1ccc2c(c1)OCCO2.Cl. The number of ether oxygens (including phenoxy) is 2. The summed E-state index contributed by atoms with van der Waals surface area (Å²) in [5.74, 6) is 1.21. The van der Waals surface area contributed by atoms with Gasteiger partial charge in [0.25, 0.3) is 0 Å². The molecule has 6 heteroatoms. The smallest absolute Gasteiger partial charge is 0.244 e. The van der Waals surface area contributed by atoms with Crippen LogP contribution in [0.4, 0.5) is 0 Å². The van der Waals surface area contributed by atoms with Gasteiger partial charge in [-0.2, -0.15) is 0 Å². The lowest BCUT2D eigenvalue weighted by Crippen LogP contribution is -2.49. The van der Waals surface area contributed by atoms with E-state index < -0.39 is 5.54 Å². The topological polar surface area (TPSA) is 73.6 Å². The van der Waals surface area contributed by atoms with Gasteiger partial charge in [0.1, 0.15) is 18.8 Å². The van der Waals surface area contributed by atoms with Crippen LogP contribution in [0.1, 0.15) is 31.0 Å². The number of hydrogen-bond acceptors (Lipinski definition) is 4. The number of halogens is 1. The van der Waals surface area contributed by atoms with Gasteiger partial charge in [-0.3, -0.25) is 4.79 Å². The van der Waals surface area contributed by atoms with Gasteiger partial charge in [-0.05, 0) is 37.1 Å². The van der Waals surface area contributed by atoms with Gasteiger partial charge in [-0.15, -0.1) is 12.4 Å². The average Bonchev–Trinajstić information content (AvgIpc) is 2.62. The molecule has 0 aromatic heterocycles. The molecule has 0 fully saturated rings. The van der Waals surface area contributed by atoms with Crippen LogP contribution in [0.25, 0.3) is 0 Å². The molecule has 5 nitrogen and oxygen atoms in total. The number of carbonyl (C=O) groups is 1. The Hall–Kier alpha value is -2.24. The Morgan fingerprint density at radius 2 is 1.76 bits per heavy atom. The molecule has 3 N–H and O–H groups in total. The van der Waals surface area contributed by atoms with Crippen LogP contribution in [0.3, 0.4) is 0 Å². The van der Waals surface area contributed by atoms with E-state index in [1.54, 1.807) is 6.92 Å². The fraction of sp³-hybridized carbons (Fsp3) is 0.316. The molecule has 0 radical (unpaired) electrons. The van der Waals surface area contributed by atoms with E-state index in [-0.39, 0.29) is 24.4 Å². The van der Waals surface area contributed by atoms with E-state index >= 15 is 0 Å². The van der Waals surface area contributed by atoms with Crippen molar-refractivity contribution in [2.24, 2.45) is 5.73 Å². The molecule has 1 aliphatic heterocycles. The minimum Gasteiger partial charge on any atom is -0.486 e. The number of carbonyl (C=O) groups excluding carboxylic acids is 1. The van der Waals surface area contributed by atoms with Gasteiger partial charge < -0.3 is 20.5 Å². The molecule has 2 aromatic carbocycles. The van der Waals surface area contributed by atoms with E-state index in [1.165, 1.54) is 0 Å². The van der Waals surface area contributed by atoms with Gasteiger partial charge in [0.2, 0.25) is 5.91 Å². The number of hydrogen-bond donors (Lipinski definition) is 2. The Morgan fingerprint density at radius 1 is 1.12 bits per heavy atom. The van der Waals surface area contributed by atoms with E-state index in [0.717, 1.165) is 16.9 Å². The molecule has 2 atom stereocenters. The van der Waals surface area contributed by atoms with Crippen LogP contribution in [-0.4, -0.2) is 19.1 Å². The van der Waals surface area contributed by atoms with Crippen molar-refractivity contribution < 1.29 is 14.3 Å². The van der Waals surface area contributed by atoms with Crippen molar-refractivity contribution in [2.75, 3.05) is 13.2 Å². The Labute approximate surface area is 153 Å². The summed E-state index contributed by atoms with van der Waals surface area (Å²) in [4.78, 5) is 12.6. The van der Waals surface area contributed by atoms with E-state index in [2.05, 4.69) is 5.32 Å². The summed E-state index contributed by atoms with van der Waals surface area (Å²) in [6.45, 7) is 4.73. The van der Waals surface area contributed by atoms with Crippen LogP contribution in [0.5, 0.6) is 11.5 Å². The molecular formula is C19H23ClN2O3. The van der Waals surface area contributed by atoms with E-state index in [9.17, 15) is 4.79 Å². The van der Waals surface area contributed by atoms with Crippen molar-refractivity contribution in [1.82, 2.24) is 5.32 Å². The minimum atomic E-state index is -1.09. The van der Waals surface area contributed by atoms with Gasteiger partial charge in [-0.1, -0.05) is 36.4 Å². The highest BCUT2D eigenvalue weighted by atomic mass is 35.5. The third-order valence-electron chi connectivity index (χ3n) is 4.26. The Balaban J connectivity index is 0.00000225. The van der Waals surface area contributed by atoms with Crippen molar-refractivity contribution in [3.63, 3.8) is 0 Å². The van der Waals surface area contributed by atoms with E-state index in [4.69, 9.17) is 15.2 Å². The number of amides is 1. The first-order chi connectivity index (χ1) is 11.5. The monoisotopic (exact) mass is 362 g/mol. The van der Waals surface area contributed by atoms with Gasteiger partial charge in [0.05, 0.1) is 6.04 Å². The predicted molar refractivity (Wildman–Crippen MR) is 99.2 cm³/mol. The number of nitrogens with one attached hydrogen (secondary N) is 1. The van der Waals surface area contributed by atoms with Crippen molar-refractivity contribution in [1.29, 1.82) is 0 Å². The average molecular weight is 363 g/mol. The third-order valence-corrected chi connectivity index (χ3v) is 4.26. The highest BCUT2D eigenvalue weighted by Crippen LogP contribution is 2.32. The molecule has 0 saturated carbocycles. The lowest BCUT2D eigenvalue weighted by molar-refractivity contribution is -0.126. The molecule has 0 aliphatic carbocycles. The minimum absolute atomic E-state index is 0. The highest BCUT2D eigenvalue weighted by molar-refractivity contribution is 5.87. The molecule has 25 heavy (non-hydrogen) atoms. The van der Waals surface area contributed by atoms with Crippen molar-refractivity contribution in [3.05, 3.63) is 59.7 Å². The molecule has 0 saturated heterocycles. The first-order valence-electron chi connectivity index (χ1n) is 8.03. The quantitative estimate of drug-likeness (QED) is 0.877. The van der Waals surface area contributed by atoms with Gasteiger partial charge in [0.15, 0.2) is 11.5 Å². The van der Waals surface area contributed by atoms with Crippen molar-refractivity contribution in [2.45, 2.75) is 25.4 Å². The lowest BCUT2D eigenvalue weighted by Gasteiger charge is -2.27. The molecule has 0 spiro atoms. The molecule has 1 aliphatic rings. The van der Waals surface area contributed by atoms with Crippen LogP contribution in [0.15, 0.2) is 48.5 Å². The summed E-state index contributed by atoms with van der Waals surface area (Å²) in [6, 6.07) is 14.9. The first kappa shape index (κ1) is 19.1. The Bertz CT molecular complexity index is 735. The second kappa shape index (κ2) is 7.76. The zero-order valence-corrected chi connectivity index (χ0v) is 15.1. The molecule has 0 bridgehead atoms. The standard InChI is InChI=1S/C19H22N2O3.ClH/c1-13(14-8-9-16-17(12-14)24-11-10-23-16)21-18(22)19(2,20)15-6-4-3-5-7-15;/h3-9,12-13H,10-11,20H2,1-2H3,(H,21,22);1H. The van der Waals surface area contributed by atoms with E-state index in [0.29, 0.717) is 19.0 Å². The maximum atomic E-state index is 12.6. The van der Waals surface area contributed by atoms with Crippen LogP contribution in [-0.2, 0) is 10.3 Å². The molecule has 2 aromatic rings. The van der Waals surface area contributed by atoms with Crippen molar-refractivity contribution in [3.8, 4) is 11.5 Å². The molecule has 134 valence electrons. The summed E-state index contributed by atoms with van der Waals surface area (Å²) < 4.78 is 11.1. The Morgan fingerprint density at radius 3 is 2.44 bits per heavy atom. The maximum Gasteiger partial charge on any atom is 0.244 e. The zero-order chi connectivity index (χ0) is 17.2. The summed E-state index contributed by atoms with van der Waals surface area (Å²) in [6.07, 6.45) is 0. The van der Waals surface area contributed by atoms with Crippen LogP contribution >= 0.6 is 12.4 Å². The van der Waals surface area contributed by atoms with Gasteiger partial charge in [0, 0.05) is 0 Å². The van der Waals surface area contributed by atoms with Crippen LogP contribution < -0.4 is 20.5 Å². The third kappa shape index (κ3) is 4.06. The van der Waals surface area contributed by atoms with Gasteiger partial charge in [-0.25, -0.2) is 0 Å². The second-order valence-electron chi connectivity index (χ2n) is 6.17. The zero-order valence-electron chi connectivity index (χ0n) is 14.3. The molecular weight excluding hydrogens is 340 g/mol. The summed E-state index contributed by atoms with van der Waals surface area (Å²) in [5.41, 5.74) is 6.88. The highest BCUT2D eigenvalue weighted by Gasteiger charge is 2.31. The number of nitrogens with two attached hydrogens (primary N) is 1. The molecule has 1 heterocycles. The summed E-state index contributed by atoms with van der Waals surface area (Å²) >= 11 is 0. The number of rotatable bonds is 4. The molecule has 3 rings (SSSR count). The van der Waals surface area contributed by atoms with Crippen molar-refractivity contribution >= 4 is 18.3 Å². The number of benzene rings is 2. The van der Waals surface area contributed by atoms with Crippen LogP contribution in [0, 0.1) is 0 Å². The Kier molecular flexibility index (Phi) is 5.93. The molecule has 2 unspecified atom stereocenters. The summed E-state index contributed by atoms with van der Waals surface area (Å²) in [5, 5.41) is 2.98. The fourth-order valence-electron chi connectivity index (χ4n) is 2.67. The summed E-state index contributed by atoms with van der Waals surface area (Å²) in [7, 11) is 0.